The van der Waals surface area contributed by atoms with Crippen molar-refractivity contribution in [2.45, 2.75) is 48.4 Å². The van der Waals surface area contributed by atoms with E-state index in [2.05, 4.69) is 27.9 Å². The third-order valence-corrected chi connectivity index (χ3v) is 10.5. The molecule has 6 rings (SSSR count). The van der Waals surface area contributed by atoms with Gasteiger partial charge in [-0.15, -0.1) is 11.3 Å². The molecule has 1 fully saturated rings. The number of fused-ring (bicyclic) bond motifs is 1. The van der Waals surface area contributed by atoms with Crippen molar-refractivity contribution in [2.75, 3.05) is 4.90 Å². The molecule has 0 bridgehead atoms. The summed E-state index contributed by atoms with van der Waals surface area (Å²) in [6, 6.07) is 19.3. The standard InChI is InChI=1S/C29H30N4O3S2/c1-32-15-14-30-27(32)19-33(29(34)25-18-23(25)20-7-3-2-4-8-20)22-13-12-21-9-5-10-26(24(21)17-22)31-38(35,36)28-11-6-16-37-28/h2-4,6-8,11-17,23,25-26,31H,5,9-10,18-19H2,1H3/t23-,25?,26-/m1/s1. The fraction of sp³-hybridized carbons (Fsp3) is 0.310. The predicted molar refractivity (Wildman–Crippen MR) is 148 cm³/mol. The maximum absolute atomic E-state index is 13.9. The van der Waals surface area contributed by atoms with Crippen molar-refractivity contribution in [3.63, 3.8) is 0 Å². The van der Waals surface area contributed by atoms with E-state index >= 15 is 0 Å². The van der Waals surface area contributed by atoms with E-state index in [1.807, 2.05) is 53.0 Å². The van der Waals surface area contributed by atoms with E-state index in [0.29, 0.717) is 17.2 Å². The van der Waals surface area contributed by atoms with Crippen LogP contribution in [0, 0.1) is 5.92 Å². The Labute approximate surface area is 227 Å². The number of nitrogens with one attached hydrogen (secondary N) is 1. The highest BCUT2D eigenvalue weighted by atomic mass is 32.2. The van der Waals surface area contributed by atoms with Crippen LogP contribution in [0.2, 0.25) is 0 Å². The van der Waals surface area contributed by atoms with Crippen molar-refractivity contribution < 1.29 is 13.2 Å². The van der Waals surface area contributed by atoms with Crippen molar-refractivity contribution in [3.8, 4) is 0 Å². The largest absolute Gasteiger partial charge is 0.337 e. The Hall–Kier alpha value is -3.27. The van der Waals surface area contributed by atoms with Gasteiger partial charge in [-0.2, -0.15) is 0 Å². The third kappa shape index (κ3) is 4.93. The fourth-order valence-electron chi connectivity index (χ4n) is 5.46. The lowest BCUT2D eigenvalue weighted by molar-refractivity contribution is -0.120. The number of aryl methyl sites for hydroxylation is 2. The molecule has 1 N–H and O–H groups in total. The molecule has 196 valence electrons. The molecule has 7 nitrogen and oxygen atoms in total. The zero-order valence-corrected chi connectivity index (χ0v) is 22.8. The van der Waals surface area contributed by atoms with Crippen molar-refractivity contribution in [1.29, 1.82) is 0 Å². The normalized spacial score (nSPS) is 20.6. The first-order valence-electron chi connectivity index (χ1n) is 12.9. The molecule has 1 saturated carbocycles. The first kappa shape index (κ1) is 25.0. The number of amides is 1. The second-order valence-corrected chi connectivity index (χ2v) is 13.0. The Morgan fingerprint density at radius 3 is 2.74 bits per heavy atom. The van der Waals surface area contributed by atoms with Gasteiger partial charge < -0.3 is 9.47 Å². The third-order valence-electron chi connectivity index (χ3n) is 7.63. The minimum absolute atomic E-state index is 0.0772. The summed E-state index contributed by atoms with van der Waals surface area (Å²) in [6.45, 7) is 0.352. The Morgan fingerprint density at radius 1 is 1.16 bits per heavy atom. The second-order valence-electron chi connectivity index (χ2n) is 10.1. The smallest absolute Gasteiger partial charge is 0.250 e. The van der Waals surface area contributed by atoms with Gasteiger partial charge in [0.05, 0.1) is 6.54 Å². The van der Waals surface area contributed by atoms with Crippen LogP contribution in [0.15, 0.2) is 82.6 Å². The Balaban J connectivity index is 1.32. The summed E-state index contributed by atoms with van der Waals surface area (Å²) in [4.78, 5) is 20.2. The van der Waals surface area contributed by atoms with Crippen LogP contribution in [0.1, 0.15) is 53.7 Å². The summed E-state index contributed by atoms with van der Waals surface area (Å²) < 4.78 is 31.3. The maximum Gasteiger partial charge on any atom is 0.250 e. The lowest BCUT2D eigenvalue weighted by atomic mass is 9.87. The molecule has 2 heterocycles. The highest BCUT2D eigenvalue weighted by Gasteiger charge is 2.46. The van der Waals surface area contributed by atoms with Gasteiger partial charge in [-0.3, -0.25) is 4.79 Å². The molecule has 0 spiro atoms. The average molecular weight is 547 g/mol. The van der Waals surface area contributed by atoms with Crippen molar-refractivity contribution in [3.05, 3.63) is 101 Å². The van der Waals surface area contributed by atoms with Gasteiger partial charge >= 0.3 is 0 Å². The Morgan fingerprint density at radius 2 is 2.00 bits per heavy atom. The molecule has 38 heavy (non-hydrogen) atoms. The number of thiophene rings is 1. The van der Waals surface area contributed by atoms with Crippen LogP contribution in [0.5, 0.6) is 0 Å². The second kappa shape index (κ2) is 10.1. The molecule has 2 aliphatic rings. The number of anilines is 1. The van der Waals surface area contributed by atoms with Gasteiger partial charge in [0.2, 0.25) is 5.91 Å². The van der Waals surface area contributed by atoms with Gasteiger partial charge in [0, 0.05) is 37.1 Å². The molecule has 0 aliphatic heterocycles. The van der Waals surface area contributed by atoms with Gasteiger partial charge in [0.1, 0.15) is 10.0 Å². The maximum atomic E-state index is 13.9. The number of hydrogen-bond donors (Lipinski definition) is 1. The monoisotopic (exact) mass is 546 g/mol. The first-order valence-corrected chi connectivity index (χ1v) is 15.3. The zero-order valence-electron chi connectivity index (χ0n) is 21.2. The van der Waals surface area contributed by atoms with E-state index in [-0.39, 0.29) is 23.8 Å². The predicted octanol–water partition coefficient (Wildman–Crippen LogP) is 5.17. The van der Waals surface area contributed by atoms with Gasteiger partial charge in [-0.25, -0.2) is 18.1 Å². The molecule has 2 aromatic carbocycles. The summed E-state index contributed by atoms with van der Waals surface area (Å²) in [5.74, 6) is 1.01. The summed E-state index contributed by atoms with van der Waals surface area (Å²) >= 11 is 1.21. The molecule has 2 aliphatic carbocycles. The van der Waals surface area contributed by atoms with Crippen LogP contribution in [-0.2, 0) is 34.8 Å². The van der Waals surface area contributed by atoms with E-state index < -0.39 is 10.0 Å². The summed E-state index contributed by atoms with van der Waals surface area (Å²) in [5, 5.41) is 1.77. The molecule has 9 heteroatoms. The summed E-state index contributed by atoms with van der Waals surface area (Å²) in [6.07, 6.45) is 6.95. The molecule has 0 radical (unpaired) electrons. The molecule has 1 amide bonds. The minimum Gasteiger partial charge on any atom is -0.337 e. The number of sulfonamides is 1. The number of hydrogen-bond acceptors (Lipinski definition) is 5. The van der Waals surface area contributed by atoms with Gasteiger partial charge in [-0.1, -0.05) is 42.5 Å². The number of carbonyl (C=O) groups excluding carboxylic acids is 1. The zero-order chi connectivity index (χ0) is 26.3. The topological polar surface area (TPSA) is 84.3 Å². The van der Waals surface area contributed by atoms with Gasteiger partial charge in [0.25, 0.3) is 10.0 Å². The molecule has 4 aromatic rings. The van der Waals surface area contributed by atoms with E-state index in [0.717, 1.165) is 41.9 Å². The molecular weight excluding hydrogens is 516 g/mol. The number of carbonyl (C=O) groups is 1. The Kier molecular flexibility index (Phi) is 6.67. The molecule has 3 atom stereocenters. The van der Waals surface area contributed by atoms with Crippen LogP contribution in [0.3, 0.4) is 0 Å². The number of imidazole rings is 1. The Bertz CT molecular complexity index is 1550. The van der Waals surface area contributed by atoms with E-state index in [4.69, 9.17) is 0 Å². The quantitative estimate of drug-likeness (QED) is 0.330. The summed E-state index contributed by atoms with van der Waals surface area (Å²) in [7, 11) is -1.69. The van der Waals surface area contributed by atoms with Gasteiger partial charge in [0.15, 0.2) is 0 Å². The lowest BCUT2D eigenvalue weighted by Gasteiger charge is -2.29. The van der Waals surface area contributed by atoms with Crippen molar-refractivity contribution in [2.24, 2.45) is 13.0 Å². The number of aromatic nitrogens is 2. The first-order chi connectivity index (χ1) is 18.4. The van der Waals surface area contributed by atoms with Crippen LogP contribution in [0.25, 0.3) is 0 Å². The van der Waals surface area contributed by atoms with Crippen LogP contribution in [0.4, 0.5) is 5.69 Å². The highest BCUT2D eigenvalue weighted by molar-refractivity contribution is 7.91. The lowest BCUT2D eigenvalue weighted by Crippen LogP contribution is -2.34. The van der Waals surface area contributed by atoms with E-state index in [1.54, 1.807) is 23.7 Å². The molecular formula is C29H30N4O3S2. The van der Waals surface area contributed by atoms with Crippen LogP contribution < -0.4 is 9.62 Å². The number of nitrogens with zero attached hydrogens (tertiary/aromatic N) is 3. The number of benzene rings is 2. The summed E-state index contributed by atoms with van der Waals surface area (Å²) in [5.41, 5.74) is 4.03. The van der Waals surface area contributed by atoms with E-state index in [9.17, 15) is 13.2 Å². The minimum atomic E-state index is -3.62. The molecule has 2 aromatic heterocycles. The number of rotatable bonds is 8. The van der Waals surface area contributed by atoms with Gasteiger partial charge in [-0.05, 0) is 71.9 Å². The van der Waals surface area contributed by atoms with Crippen molar-refractivity contribution in [1.82, 2.24) is 14.3 Å². The van der Waals surface area contributed by atoms with Crippen LogP contribution in [-0.4, -0.2) is 23.9 Å². The highest BCUT2D eigenvalue weighted by Crippen LogP contribution is 2.49. The SMILES string of the molecule is Cn1ccnc1CN(C(=O)C1C[C@@H]1c1ccccc1)c1ccc2c(c1)[C@H](NS(=O)(=O)c1cccs1)CCC2. The fourth-order valence-corrected chi connectivity index (χ4v) is 7.72. The van der Waals surface area contributed by atoms with Crippen molar-refractivity contribution >= 4 is 33.0 Å². The molecule has 0 saturated heterocycles. The molecule has 1 unspecified atom stereocenters. The average Bonchev–Trinajstić information content (AvgIpc) is 3.30. The van der Waals surface area contributed by atoms with E-state index in [1.165, 1.54) is 16.9 Å². The van der Waals surface area contributed by atoms with Crippen LogP contribution >= 0.6 is 11.3 Å².